The van der Waals surface area contributed by atoms with Gasteiger partial charge < -0.3 is 18.8 Å². The number of carbonyl (C=O) groups excluding carboxylic acids is 1. The van der Waals surface area contributed by atoms with Gasteiger partial charge in [-0.25, -0.2) is 4.79 Å². The first-order valence-electron chi connectivity index (χ1n) is 9.49. The number of piperidine rings is 1. The van der Waals surface area contributed by atoms with Gasteiger partial charge in [-0.1, -0.05) is 11.6 Å². The van der Waals surface area contributed by atoms with Crippen LogP contribution < -0.4 is 5.63 Å². The number of ether oxygens (including phenoxy) is 2. The number of benzene rings is 1. The first-order chi connectivity index (χ1) is 13.5. The van der Waals surface area contributed by atoms with Crippen molar-refractivity contribution >= 4 is 27.8 Å². The summed E-state index contributed by atoms with van der Waals surface area (Å²) in [4.78, 5) is 27.0. The van der Waals surface area contributed by atoms with Crippen molar-refractivity contribution < 1.29 is 18.7 Å². The largest absolute Gasteiger partial charge is 0.422 e. The van der Waals surface area contributed by atoms with Crippen molar-refractivity contribution in [3.63, 3.8) is 0 Å². The van der Waals surface area contributed by atoms with E-state index in [1.54, 1.807) is 10.7 Å². The van der Waals surface area contributed by atoms with Gasteiger partial charge in [0.05, 0.1) is 24.9 Å². The molecule has 3 aromatic rings. The molecule has 146 valence electrons. The molecule has 5 rings (SSSR count). The Kier molecular flexibility index (Phi) is 3.99. The average molecular weight is 383 g/mol. The van der Waals surface area contributed by atoms with Crippen LogP contribution >= 0.6 is 0 Å². The molecular formula is C20H21N3O5. The predicted molar refractivity (Wildman–Crippen MR) is 101 cm³/mol. The van der Waals surface area contributed by atoms with Crippen LogP contribution in [0.4, 0.5) is 0 Å². The molecule has 28 heavy (non-hydrogen) atoms. The number of rotatable bonds is 2. The molecule has 0 aliphatic carbocycles. The first kappa shape index (κ1) is 17.4. The van der Waals surface area contributed by atoms with Crippen LogP contribution in [0, 0.1) is 6.92 Å². The summed E-state index contributed by atoms with van der Waals surface area (Å²) in [5.74, 6) is -0.547. The highest BCUT2D eigenvalue weighted by molar-refractivity contribution is 6.02. The zero-order chi connectivity index (χ0) is 19.3. The third-order valence-electron chi connectivity index (χ3n) is 5.63. The van der Waals surface area contributed by atoms with Crippen LogP contribution in [-0.4, -0.2) is 52.7 Å². The normalized spacial score (nSPS) is 19.1. The highest BCUT2D eigenvalue weighted by Crippen LogP contribution is 2.31. The van der Waals surface area contributed by atoms with Gasteiger partial charge in [-0.05, 0) is 19.1 Å². The zero-order valence-corrected chi connectivity index (χ0v) is 15.6. The second-order valence-electron chi connectivity index (χ2n) is 7.44. The maximum Gasteiger partial charge on any atom is 0.347 e. The maximum absolute atomic E-state index is 12.9. The molecule has 2 saturated heterocycles. The number of hydrogen-bond donors (Lipinski definition) is 0. The molecule has 2 aliphatic heterocycles. The van der Waals surface area contributed by atoms with Gasteiger partial charge in [0.25, 0.3) is 0 Å². The fourth-order valence-corrected chi connectivity index (χ4v) is 4.12. The van der Waals surface area contributed by atoms with Gasteiger partial charge in [0.15, 0.2) is 5.79 Å². The molecule has 0 bridgehead atoms. The van der Waals surface area contributed by atoms with E-state index in [9.17, 15) is 9.59 Å². The zero-order valence-electron chi connectivity index (χ0n) is 15.6. The first-order valence-corrected chi connectivity index (χ1v) is 9.49. The second kappa shape index (κ2) is 6.42. The average Bonchev–Trinajstić information content (AvgIpc) is 3.31. The lowest BCUT2D eigenvalue weighted by Crippen LogP contribution is -2.48. The number of nitrogens with zero attached hydrogens (tertiary/aromatic N) is 3. The Morgan fingerprint density at radius 2 is 1.93 bits per heavy atom. The summed E-state index contributed by atoms with van der Waals surface area (Å²) in [7, 11) is 0. The van der Waals surface area contributed by atoms with E-state index in [1.807, 2.05) is 24.0 Å². The molecule has 0 atom stereocenters. The molecule has 8 heteroatoms. The molecule has 0 N–H and O–H groups in total. The fraction of sp³-hybridized carbons (Fsp3) is 0.450. The Bertz CT molecular complexity index is 1120. The molecule has 2 fully saturated rings. The molecular weight excluding hydrogens is 362 g/mol. The second-order valence-corrected chi connectivity index (χ2v) is 7.44. The Labute approximate surface area is 160 Å². The monoisotopic (exact) mass is 383 g/mol. The van der Waals surface area contributed by atoms with Gasteiger partial charge in [0, 0.05) is 31.3 Å². The molecule has 0 unspecified atom stereocenters. The lowest BCUT2D eigenvalue weighted by atomic mass is 10.0. The number of aryl methyl sites for hydroxylation is 1. The standard InChI is InChI=1S/C20H21N3O5/c1-13-2-3-16-14(10-13)18-15(19(25)28-16)11-21-23(18)12-17(24)22-6-4-20(5-7-22)26-8-9-27-20/h2-3,10-11H,4-9,12H2,1H3. The number of hydrogen-bond acceptors (Lipinski definition) is 6. The molecule has 2 aliphatic rings. The summed E-state index contributed by atoms with van der Waals surface area (Å²) in [6.07, 6.45) is 2.82. The molecule has 4 heterocycles. The molecule has 8 nitrogen and oxygen atoms in total. The molecule has 1 amide bonds. The third kappa shape index (κ3) is 2.80. The Balaban J connectivity index is 1.44. The van der Waals surface area contributed by atoms with Crippen molar-refractivity contribution in [2.24, 2.45) is 0 Å². The van der Waals surface area contributed by atoms with Gasteiger partial charge in [0.1, 0.15) is 17.5 Å². The van der Waals surface area contributed by atoms with Gasteiger partial charge in [0.2, 0.25) is 5.91 Å². The van der Waals surface area contributed by atoms with Crippen molar-refractivity contribution in [2.45, 2.75) is 32.1 Å². The molecule has 0 radical (unpaired) electrons. The molecule has 0 saturated carbocycles. The summed E-state index contributed by atoms with van der Waals surface area (Å²) >= 11 is 0. The molecule has 1 aromatic carbocycles. The smallest absolute Gasteiger partial charge is 0.347 e. The highest BCUT2D eigenvalue weighted by Gasteiger charge is 2.40. The van der Waals surface area contributed by atoms with E-state index in [0.29, 0.717) is 55.6 Å². The minimum atomic E-state index is -0.512. The van der Waals surface area contributed by atoms with E-state index in [4.69, 9.17) is 13.9 Å². The van der Waals surface area contributed by atoms with Gasteiger partial charge >= 0.3 is 5.63 Å². The Morgan fingerprint density at radius 1 is 1.18 bits per heavy atom. The summed E-state index contributed by atoms with van der Waals surface area (Å²) < 4.78 is 18.4. The van der Waals surface area contributed by atoms with E-state index >= 15 is 0 Å². The van der Waals surface area contributed by atoms with E-state index in [-0.39, 0.29) is 12.5 Å². The van der Waals surface area contributed by atoms with Crippen molar-refractivity contribution in [3.05, 3.63) is 40.4 Å². The van der Waals surface area contributed by atoms with Gasteiger partial charge in [-0.3, -0.25) is 9.48 Å². The quantitative estimate of drug-likeness (QED) is 0.628. The predicted octanol–water partition coefficient (Wildman–Crippen LogP) is 1.82. The Morgan fingerprint density at radius 3 is 2.68 bits per heavy atom. The van der Waals surface area contributed by atoms with Gasteiger partial charge in [-0.2, -0.15) is 5.10 Å². The summed E-state index contributed by atoms with van der Waals surface area (Å²) in [5.41, 5.74) is 1.73. The molecule has 1 spiro atoms. The number of amides is 1. The number of fused-ring (bicyclic) bond motifs is 3. The lowest BCUT2D eigenvalue weighted by molar-refractivity contribution is -0.187. The van der Waals surface area contributed by atoms with Crippen LogP contribution in [0.25, 0.3) is 21.9 Å². The van der Waals surface area contributed by atoms with Crippen LogP contribution in [0.2, 0.25) is 0 Å². The highest BCUT2D eigenvalue weighted by atomic mass is 16.7. The summed E-state index contributed by atoms with van der Waals surface area (Å²) in [5, 5.41) is 5.47. The van der Waals surface area contributed by atoms with Crippen molar-refractivity contribution in [2.75, 3.05) is 26.3 Å². The molecule has 2 aromatic heterocycles. The van der Waals surface area contributed by atoms with Crippen molar-refractivity contribution in [1.29, 1.82) is 0 Å². The van der Waals surface area contributed by atoms with E-state index < -0.39 is 11.4 Å². The van der Waals surface area contributed by atoms with E-state index in [2.05, 4.69) is 5.10 Å². The Hall–Kier alpha value is -2.71. The fourth-order valence-electron chi connectivity index (χ4n) is 4.12. The third-order valence-corrected chi connectivity index (χ3v) is 5.63. The van der Waals surface area contributed by atoms with Gasteiger partial charge in [-0.15, -0.1) is 0 Å². The number of carbonyl (C=O) groups is 1. The van der Waals surface area contributed by atoms with Crippen LogP contribution in [-0.2, 0) is 20.8 Å². The van der Waals surface area contributed by atoms with Crippen LogP contribution in [0.5, 0.6) is 0 Å². The number of aromatic nitrogens is 2. The summed E-state index contributed by atoms with van der Waals surface area (Å²) in [6.45, 7) is 4.44. The van der Waals surface area contributed by atoms with Crippen molar-refractivity contribution in [1.82, 2.24) is 14.7 Å². The van der Waals surface area contributed by atoms with Crippen LogP contribution in [0.3, 0.4) is 0 Å². The maximum atomic E-state index is 12.9. The minimum Gasteiger partial charge on any atom is -0.422 e. The number of likely N-dealkylation sites (tertiary alicyclic amines) is 1. The van der Waals surface area contributed by atoms with E-state index in [0.717, 1.165) is 10.9 Å². The van der Waals surface area contributed by atoms with Crippen LogP contribution in [0.15, 0.2) is 33.6 Å². The van der Waals surface area contributed by atoms with Crippen molar-refractivity contribution in [3.8, 4) is 0 Å². The minimum absolute atomic E-state index is 0.0353. The van der Waals surface area contributed by atoms with E-state index in [1.165, 1.54) is 6.20 Å². The SMILES string of the molecule is Cc1ccc2oc(=O)c3cnn(CC(=O)N4CCC5(CC4)OCCO5)c3c2c1. The topological polar surface area (TPSA) is 86.8 Å². The van der Waals surface area contributed by atoms with Crippen LogP contribution in [0.1, 0.15) is 18.4 Å². The lowest BCUT2D eigenvalue weighted by Gasteiger charge is -2.37. The summed E-state index contributed by atoms with van der Waals surface area (Å²) in [6, 6.07) is 5.61.